The summed E-state index contributed by atoms with van der Waals surface area (Å²) in [6.07, 6.45) is 0.0786. The normalized spacial score (nSPS) is 16.0. The van der Waals surface area contributed by atoms with Crippen LogP contribution < -0.4 is 14.8 Å². The van der Waals surface area contributed by atoms with Crippen LogP contribution in [-0.2, 0) is 11.2 Å². The number of benzene rings is 2. The molecule has 1 amide bonds. The van der Waals surface area contributed by atoms with E-state index in [0.29, 0.717) is 23.6 Å². The molecule has 0 bridgehead atoms. The van der Waals surface area contributed by atoms with Crippen molar-refractivity contribution in [1.29, 1.82) is 0 Å². The average molecular weight is 418 g/mol. The first-order chi connectivity index (χ1) is 14.8. The molecule has 160 valence electrons. The van der Waals surface area contributed by atoms with Crippen molar-refractivity contribution in [3.05, 3.63) is 64.9 Å². The van der Waals surface area contributed by atoms with Crippen LogP contribution in [0.1, 0.15) is 36.3 Å². The van der Waals surface area contributed by atoms with Gasteiger partial charge in [-0.05, 0) is 63.1 Å². The third-order valence-electron chi connectivity index (χ3n) is 5.47. The molecule has 1 aromatic heterocycles. The van der Waals surface area contributed by atoms with E-state index in [1.165, 1.54) is 0 Å². The molecule has 0 fully saturated rings. The Morgan fingerprint density at radius 1 is 1.29 bits per heavy atom. The number of aliphatic imine (C=N–C) groups is 1. The summed E-state index contributed by atoms with van der Waals surface area (Å²) in [5, 5.41) is 3.90. The molecule has 1 N–H and O–H groups in total. The summed E-state index contributed by atoms with van der Waals surface area (Å²) in [5.41, 5.74) is 6.01. The van der Waals surface area contributed by atoms with Crippen LogP contribution in [0.4, 0.5) is 5.69 Å². The molecule has 6 nitrogen and oxygen atoms in total. The van der Waals surface area contributed by atoms with E-state index in [9.17, 15) is 4.79 Å². The van der Waals surface area contributed by atoms with Crippen molar-refractivity contribution in [3.63, 3.8) is 0 Å². The van der Waals surface area contributed by atoms with E-state index in [2.05, 4.69) is 16.9 Å². The lowest BCUT2D eigenvalue weighted by Crippen LogP contribution is -2.34. The second-order valence-corrected chi connectivity index (χ2v) is 7.88. The number of fused-ring (bicyclic) bond motifs is 2. The minimum absolute atomic E-state index is 0.159. The summed E-state index contributed by atoms with van der Waals surface area (Å²) in [5.74, 6) is 1.92. The lowest BCUT2D eigenvalue weighted by Gasteiger charge is -2.25. The first kappa shape index (κ1) is 20.7. The third kappa shape index (κ3) is 3.69. The molecule has 6 heteroatoms. The predicted molar refractivity (Wildman–Crippen MR) is 123 cm³/mol. The number of amides is 1. The molecule has 1 atom stereocenters. The van der Waals surface area contributed by atoms with Gasteiger partial charge >= 0.3 is 0 Å². The van der Waals surface area contributed by atoms with Gasteiger partial charge in [0.15, 0.2) is 11.9 Å². The van der Waals surface area contributed by atoms with Gasteiger partial charge in [0.2, 0.25) is 0 Å². The Labute approximate surface area is 181 Å². The van der Waals surface area contributed by atoms with Crippen LogP contribution in [0.5, 0.6) is 11.5 Å². The van der Waals surface area contributed by atoms with E-state index >= 15 is 0 Å². The van der Waals surface area contributed by atoms with Crippen LogP contribution in [0.2, 0.25) is 0 Å². The number of hydrogen-bond acceptors (Lipinski definition) is 5. The highest BCUT2D eigenvalue weighted by molar-refractivity contribution is 6.15. The quantitative estimate of drug-likeness (QED) is 0.465. The zero-order valence-electron chi connectivity index (χ0n) is 18.5. The molecule has 0 saturated carbocycles. The molecule has 0 radical (unpaired) electrons. The maximum atomic E-state index is 12.1. The van der Waals surface area contributed by atoms with Crippen molar-refractivity contribution in [2.24, 2.45) is 4.99 Å². The molecular formula is C25H26N2O4. The van der Waals surface area contributed by atoms with Crippen molar-refractivity contribution in [2.45, 2.75) is 33.3 Å². The summed E-state index contributed by atoms with van der Waals surface area (Å²) in [6.45, 7) is 9.78. The van der Waals surface area contributed by atoms with Crippen molar-refractivity contribution < 1.29 is 18.7 Å². The summed E-state index contributed by atoms with van der Waals surface area (Å²) in [4.78, 5) is 16.7. The van der Waals surface area contributed by atoms with Crippen molar-refractivity contribution >= 4 is 28.3 Å². The van der Waals surface area contributed by atoms with Gasteiger partial charge in [-0.3, -0.25) is 9.79 Å². The van der Waals surface area contributed by atoms with Gasteiger partial charge in [-0.1, -0.05) is 12.2 Å². The fraction of sp³-hybridized carbons (Fsp3) is 0.280. The second-order valence-electron chi connectivity index (χ2n) is 7.88. The number of carbonyl (C=O) groups excluding carboxylic acids is 1. The van der Waals surface area contributed by atoms with Gasteiger partial charge in [0.05, 0.1) is 12.8 Å². The van der Waals surface area contributed by atoms with Crippen molar-refractivity contribution in [2.75, 3.05) is 19.5 Å². The average Bonchev–Trinajstić information content (AvgIpc) is 3.05. The molecule has 3 aromatic rings. The molecule has 4 rings (SSSR count). The SMILES string of the molecule is C=C(C)Cc1cc2c(cc1C(=NC)c1oc3ccc(OC)cc3c1C)OC(C)C(=O)N2. The fourth-order valence-corrected chi connectivity index (χ4v) is 3.89. The fourth-order valence-electron chi connectivity index (χ4n) is 3.89. The molecule has 0 aliphatic carbocycles. The molecule has 1 aliphatic heterocycles. The first-order valence-corrected chi connectivity index (χ1v) is 10.2. The van der Waals surface area contributed by atoms with Crippen molar-refractivity contribution in [1.82, 2.24) is 0 Å². The molecule has 2 heterocycles. The molecule has 0 saturated heterocycles. The highest BCUT2D eigenvalue weighted by Crippen LogP contribution is 2.36. The number of hydrogen-bond donors (Lipinski definition) is 1. The van der Waals surface area contributed by atoms with Crippen LogP contribution in [0.3, 0.4) is 0 Å². The number of aryl methyl sites for hydroxylation is 1. The number of nitrogens with one attached hydrogen (secondary N) is 1. The summed E-state index contributed by atoms with van der Waals surface area (Å²) in [7, 11) is 3.39. The third-order valence-corrected chi connectivity index (χ3v) is 5.47. The zero-order chi connectivity index (χ0) is 22.3. The summed E-state index contributed by atoms with van der Waals surface area (Å²) in [6, 6.07) is 9.61. The second kappa shape index (κ2) is 7.95. The van der Waals surface area contributed by atoms with Gasteiger partial charge in [-0.25, -0.2) is 0 Å². The molecule has 1 aliphatic rings. The topological polar surface area (TPSA) is 73.1 Å². The molecule has 1 unspecified atom stereocenters. The standard InChI is InChI=1S/C25H26N2O4/c1-13(2)9-16-10-20-22(30-15(4)25(28)27-20)12-19(16)23(26-5)24-14(3)18-11-17(29-6)7-8-21(18)31-24/h7-8,10-12,15H,1,9H2,2-6H3,(H,27,28). The Balaban J connectivity index is 1.89. The number of ether oxygens (including phenoxy) is 2. The molecule has 31 heavy (non-hydrogen) atoms. The molecule has 2 aromatic carbocycles. The minimum atomic E-state index is -0.560. The molecule has 0 spiro atoms. The Kier molecular flexibility index (Phi) is 5.31. The van der Waals surface area contributed by atoms with Gasteiger partial charge in [0.1, 0.15) is 22.8 Å². The van der Waals surface area contributed by atoms with Gasteiger partial charge in [-0.15, -0.1) is 0 Å². The van der Waals surface area contributed by atoms with E-state index in [-0.39, 0.29) is 5.91 Å². The molecular weight excluding hydrogens is 392 g/mol. The highest BCUT2D eigenvalue weighted by atomic mass is 16.5. The van der Waals surface area contributed by atoms with Crippen LogP contribution in [0, 0.1) is 6.92 Å². The maximum Gasteiger partial charge on any atom is 0.265 e. The van der Waals surface area contributed by atoms with Crippen LogP contribution in [0.25, 0.3) is 11.0 Å². The van der Waals surface area contributed by atoms with E-state index in [1.807, 2.05) is 44.2 Å². The lowest BCUT2D eigenvalue weighted by molar-refractivity contribution is -0.122. The Morgan fingerprint density at radius 3 is 2.74 bits per heavy atom. The predicted octanol–water partition coefficient (Wildman–Crippen LogP) is 5.06. The van der Waals surface area contributed by atoms with E-state index in [4.69, 9.17) is 13.9 Å². The van der Waals surface area contributed by atoms with Gasteiger partial charge in [0.25, 0.3) is 5.91 Å². The zero-order valence-corrected chi connectivity index (χ0v) is 18.5. The first-order valence-electron chi connectivity index (χ1n) is 10.2. The monoisotopic (exact) mass is 418 g/mol. The summed E-state index contributed by atoms with van der Waals surface area (Å²) < 4.78 is 17.5. The van der Waals surface area contributed by atoms with Crippen LogP contribution in [0.15, 0.2) is 51.9 Å². The minimum Gasteiger partial charge on any atom is -0.497 e. The smallest absolute Gasteiger partial charge is 0.265 e. The number of rotatable bonds is 5. The largest absolute Gasteiger partial charge is 0.497 e. The Bertz CT molecular complexity index is 1240. The number of methoxy groups -OCH3 is 1. The number of anilines is 1. The lowest BCUT2D eigenvalue weighted by atomic mass is 9.93. The highest BCUT2D eigenvalue weighted by Gasteiger charge is 2.27. The van der Waals surface area contributed by atoms with E-state index in [0.717, 1.165) is 44.7 Å². The van der Waals surface area contributed by atoms with Crippen LogP contribution >= 0.6 is 0 Å². The summed E-state index contributed by atoms with van der Waals surface area (Å²) >= 11 is 0. The van der Waals surface area contributed by atoms with Gasteiger partial charge in [0, 0.05) is 23.6 Å². The van der Waals surface area contributed by atoms with Gasteiger partial charge < -0.3 is 19.2 Å². The van der Waals surface area contributed by atoms with Gasteiger partial charge in [-0.2, -0.15) is 0 Å². The van der Waals surface area contributed by atoms with Crippen molar-refractivity contribution in [3.8, 4) is 11.5 Å². The number of carbonyl (C=O) groups is 1. The maximum absolute atomic E-state index is 12.1. The number of allylic oxidation sites excluding steroid dienone is 1. The number of furan rings is 1. The Hall–Kier alpha value is -3.54. The van der Waals surface area contributed by atoms with E-state index < -0.39 is 6.10 Å². The van der Waals surface area contributed by atoms with Crippen LogP contribution in [-0.4, -0.2) is 31.9 Å². The van der Waals surface area contributed by atoms with E-state index in [1.54, 1.807) is 21.1 Å². The number of nitrogens with zero attached hydrogens (tertiary/aromatic N) is 1. The Morgan fingerprint density at radius 2 is 2.06 bits per heavy atom.